The van der Waals surface area contributed by atoms with Gasteiger partial charge in [0, 0.05) is 13.2 Å². The first kappa shape index (κ1) is 15.9. The lowest BCUT2D eigenvalue weighted by atomic mass is 10.3. The first-order chi connectivity index (χ1) is 7.81. The number of ether oxygens (including phenoxy) is 2. The van der Waals surface area contributed by atoms with E-state index in [1.807, 2.05) is 0 Å². The summed E-state index contributed by atoms with van der Waals surface area (Å²) in [6.45, 7) is 10.8. The van der Waals surface area contributed by atoms with Crippen LogP contribution in [-0.2, 0) is 9.47 Å². The number of rotatable bonds is 12. The highest BCUT2D eigenvalue weighted by molar-refractivity contribution is 4.55. The zero-order valence-corrected chi connectivity index (χ0v) is 11.3. The molecule has 0 aromatic carbocycles. The maximum Gasteiger partial charge on any atom is 0.0704 e. The fourth-order valence-electron chi connectivity index (χ4n) is 1.32. The van der Waals surface area contributed by atoms with Crippen LogP contribution in [0.4, 0.5) is 0 Å². The molecule has 0 heterocycles. The highest BCUT2D eigenvalue weighted by atomic mass is 16.5. The van der Waals surface area contributed by atoms with Gasteiger partial charge < -0.3 is 14.8 Å². The van der Waals surface area contributed by atoms with Crippen LogP contribution in [0.5, 0.6) is 0 Å². The van der Waals surface area contributed by atoms with E-state index < -0.39 is 0 Å². The molecule has 0 fully saturated rings. The molecule has 0 amide bonds. The number of hydrogen-bond acceptors (Lipinski definition) is 3. The molecule has 98 valence electrons. The van der Waals surface area contributed by atoms with Crippen molar-refractivity contribution >= 4 is 0 Å². The molecule has 0 aliphatic rings. The summed E-state index contributed by atoms with van der Waals surface area (Å²) in [6.07, 6.45) is 5.11. The molecule has 16 heavy (non-hydrogen) atoms. The molecule has 0 rings (SSSR count). The lowest BCUT2D eigenvalue weighted by Crippen LogP contribution is -2.28. The molecule has 1 atom stereocenters. The standard InChI is InChI=1S/C13H29NO2/c1-4-6-8-14-12-13(3)16-11-10-15-9-7-5-2/h13-14H,4-12H2,1-3H3. The third-order valence-electron chi connectivity index (χ3n) is 2.41. The Kier molecular flexibility index (Phi) is 12.9. The normalized spacial score (nSPS) is 12.9. The topological polar surface area (TPSA) is 30.5 Å². The largest absolute Gasteiger partial charge is 0.379 e. The Morgan fingerprint density at radius 2 is 1.75 bits per heavy atom. The molecule has 0 saturated heterocycles. The van der Waals surface area contributed by atoms with Gasteiger partial charge in [-0.2, -0.15) is 0 Å². The smallest absolute Gasteiger partial charge is 0.0704 e. The number of hydrogen-bond donors (Lipinski definition) is 1. The van der Waals surface area contributed by atoms with E-state index in [4.69, 9.17) is 9.47 Å². The van der Waals surface area contributed by atoms with Crippen molar-refractivity contribution < 1.29 is 9.47 Å². The maximum absolute atomic E-state index is 5.61. The second kappa shape index (κ2) is 12.9. The minimum atomic E-state index is 0.284. The van der Waals surface area contributed by atoms with E-state index in [0.29, 0.717) is 6.61 Å². The number of unbranched alkanes of at least 4 members (excludes halogenated alkanes) is 2. The van der Waals surface area contributed by atoms with E-state index in [-0.39, 0.29) is 6.10 Å². The zero-order chi connectivity index (χ0) is 12.1. The summed E-state index contributed by atoms with van der Waals surface area (Å²) in [6, 6.07) is 0. The van der Waals surface area contributed by atoms with Crippen LogP contribution in [0.25, 0.3) is 0 Å². The van der Waals surface area contributed by atoms with Gasteiger partial charge in [-0.25, -0.2) is 0 Å². The fourth-order valence-corrected chi connectivity index (χ4v) is 1.32. The second-order valence-electron chi connectivity index (χ2n) is 4.21. The summed E-state index contributed by atoms with van der Waals surface area (Å²) in [4.78, 5) is 0. The minimum Gasteiger partial charge on any atom is -0.379 e. The van der Waals surface area contributed by atoms with E-state index in [1.165, 1.54) is 19.3 Å². The molecule has 0 spiro atoms. The molecule has 0 bridgehead atoms. The van der Waals surface area contributed by atoms with Crippen molar-refractivity contribution in [1.82, 2.24) is 5.32 Å². The Hall–Kier alpha value is -0.120. The number of nitrogens with one attached hydrogen (secondary N) is 1. The zero-order valence-electron chi connectivity index (χ0n) is 11.3. The summed E-state index contributed by atoms with van der Waals surface area (Å²) in [5.74, 6) is 0. The van der Waals surface area contributed by atoms with Gasteiger partial charge in [0.05, 0.1) is 19.3 Å². The van der Waals surface area contributed by atoms with Crippen LogP contribution in [0, 0.1) is 0 Å². The molecule has 1 N–H and O–H groups in total. The van der Waals surface area contributed by atoms with Gasteiger partial charge >= 0.3 is 0 Å². The Labute approximate surface area is 101 Å². The molecular formula is C13H29NO2. The summed E-state index contributed by atoms with van der Waals surface area (Å²) < 4.78 is 11.0. The molecule has 0 aromatic heterocycles. The molecule has 0 radical (unpaired) electrons. The van der Waals surface area contributed by atoms with Crippen molar-refractivity contribution in [2.45, 2.75) is 52.6 Å². The average Bonchev–Trinajstić information content (AvgIpc) is 2.29. The lowest BCUT2D eigenvalue weighted by Gasteiger charge is -2.13. The Bertz CT molecular complexity index is 131. The van der Waals surface area contributed by atoms with Crippen LogP contribution in [-0.4, -0.2) is 39.0 Å². The molecule has 1 unspecified atom stereocenters. The van der Waals surface area contributed by atoms with Crippen LogP contribution < -0.4 is 5.32 Å². The summed E-state index contributed by atoms with van der Waals surface area (Å²) in [5, 5.41) is 3.38. The third kappa shape index (κ3) is 12.0. The van der Waals surface area contributed by atoms with Gasteiger partial charge in [0.15, 0.2) is 0 Å². The van der Waals surface area contributed by atoms with Crippen LogP contribution in [0.1, 0.15) is 46.5 Å². The summed E-state index contributed by atoms with van der Waals surface area (Å²) >= 11 is 0. The van der Waals surface area contributed by atoms with Gasteiger partial charge in [-0.3, -0.25) is 0 Å². The van der Waals surface area contributed by atoms with Gasteiger partial charge in [-0.05, 0) is 26.3 Å². The first-order valence-corrected chi connectivity index (χ1v) is 6.71. The molecule has 3 heteroatoms. The van der Waals surface area contributed by atoms with E-state index in [0.717, 1.165) is 32.7 Å². The van der Waals surface area contributed by atoms with Crippen LogP contribution in [0.15, 0.2) is 0 Å². The third-order valence-corrected chi connectivity index (χ3v) is 2.41. The van der Waals surface area contributed by atoms with Gasteiger partial charge in [0.2, 0.25) is 0 Å². The minimum absolute atomic E-state index is 0.284. The van der Waals surface area contributed by atoms with Gasteiger partial charge in [-0.1, -0.05) is 26.7 Å². The Morgan fingerprint density at radius 3 is 2.44 bits per heavy atom. The monoisotopic (exact) mass is 231 g/mol. The second-order valence-corrected chi connectivity index (χ2v) is 4.21. The van der Waals surface area contributed by atoms with Crippen molar-refractivity contribution in [1.29, 1.82) is 0 Å². The van der Waals surface area contributed by atoms with Crippen LogP contribution in [0.2, 0.25) is 0 Å². The highest BCUT2D eigenvalue weighted by Gasteiger charge is 2.00. The van der Waals surface area contributed by atoms with E-state index in [2.05, 4.69) is 26.1 Å². The predicted molar refractivity (Wildman–Crippen MR) is 68.9 cm³/mol. The molecule has 3 nitrogen and oxygen atoms in total. The molecule has 0 aliphatic heterocycles. The summed E-state index contributed by atoms with van der Waals surface area (Å²) in [7, 11) is 0. The maximum atomic E-state index is 5.61. The fraction of sp³-hybridized carbons (Fsp3) is 1.00. The SMILES string of the molecule is CCCCNCC(C)OCCOCCCC. The quantitative estimate of drug-likeness (QED) is 0.524. The summed E-state index contributed by atoms with van der Waals surface area (Å²) in [5.41, 5.74) is 0. The Balaban J connectivity index is 3.08. The van der Waals surface area contributed by atoms with Crippen LogP contribution in [0.3, 0.4) is 0 Å². The van der Waals surface area contributed by atoms with Gasteiger partial charge in [-0.15, -0.1) is 0 Å². The molecule has 0 aromatic rings. The molecule has 0 saturated carbocycles. The van der Waals surface area contributed by atoms with Gasteiger partial charge in [0.25, 0.3) is 0 Å². The Morgan fingerprint density at radius 1 is 1.00 bits per heavy atom. The first-order valence-electron chi connectivity index (χ1n) is 6.71. The van der Waals surface area contributed by atoms with Crippen LogP contribution >= 0.6 is 0 Å². The van der Waals surface area contributed by atoms with E-state index in [9.17, 15) is 0 Å². The van der Waals surface area contributed by atoms with Crippen molar-refractivity contribution in [2.75, 3.05) is 32.9 Å². The highest BCUT2D eigenvalue weighted by Crippen LogP contribution is 1.92. The predicted octanol–water partition coefficient (Wildman–Crippen LogP) is 2.60. The van der Waals surface area contributed by atoms with E-state index in [1.54, 1.807) is 0 Å². The van der Waals surface area contributed by atoms with Crippen molar-refractivity contribution in [3.63, 3.8) is 0 Å². The van der Waals surface area contributed by atoms with Gasteiger partial charge in [0.1, 0.15) is 0 Å². The van der Waals surface area contributed by atoms with Crippen molar-refractivity contribution in [3.05, 3.63) is 0 Å². The molecular weight excluding hydrogens is 202 g/mol. The van der Waals surface area contributed by atoms with Crippen molar-refractivity contribution in [3.8, 4) is 0 Å². The average molecular weight is 231 g/mol. The van der Waals surface area contributed by atoms with E-state index >= 15 is 0 Å². The molecule has 0 aliphatic carbocycles. The van der Waals surface area contributed by atoms with Crippen molar-refractivity contribution in [2.24, 2.45) is 0 Å². The lowest BCUT2D eigenvalue weighted by molar-refractivity contribution is 0.0123.